The van der Waals surface area contributed by atoms with Crippen LogP contribution in [0.4, 0.5) is 0 Å². The van der Waals surface area contributed by atoms with E-state index in [9.17, 15) is 9.90 Å². The van der Waals surface area contributed by atoms with Gasteiger partial charge in [0.15, 0.2) is 0 Å². The molecule has 4 heteroatoms. The maximum atomic E-state index is 11.6. The Kier molecular flexibility index (Phi) is 10.2. The van der Waals surface area contributed by atoms with Crippen LogP contribution in [-0.2, 0) is 11.2 Å². The van der Waals surface area contributed by atoms with Crippen molar-refractivity contribution in [1.29, 1.82) is 0 Å². The maximum absolute atomic E-state index is 11.6. The molecule has 0 heterocycles. The van der Waals surface area contributed by atoms with Gasteiger partial charge in [0.2, 0.25) is 0 Å². The lowest BCUT2D eigenvalue weighted by Gasteiger charge is -2.27. The number of carboxylic acid groups (broad SMARTS) is 1. The highest BCUT2D eigenvalue weighted by molar-refractivity contribution is 6.30. The van der Waals surface area contributed by atoms with Crippen molar-refractivity contribution in [3.05, 3.63) is 63.2 Å². The topological polar surface area (TPSA) is 46.5 Å². The van der Waals surface area contributed by atoms with Gasteiger partial charge >= 0.3 is 5.97 Å². The Labute approximate surface area is 181 Å². The number of carboxylic acids is 1. The van der Waals surface area contributed by atoms with E-state index in [0.717, 1.165) is 40.3 Å². The molecule has 2 aromatic carbocycles. The van der Waals surface area contributed by atoms with Crippen molar-refractivity contribution in [2.24, 2.45) is 5.92 Å². The maximum Gasteiger partial charge on any atom is 0.306 e. The van der Waals surface area contributed by atoms with Crippen molar-refractivity contribution in [3.8, 4) is 5.75 Å². The van der Waals surface area contributed by atoms with Gasteiger partial charge in [0.05, 0.1) is 13.0 Å². The quantitative estimate of drug-likeness (QED) is 0.493. The molecule has 2 unspecified atom stereocenters. The predicted molar refractivity (Wildman–Crippen MR) is 123 cm³/mol. The van der Waals surface area contributed by atoms with E-state index in [0.29, 0.717) is 6.42 Å². The van der Waals surface area contributed by atoms with Crippen molar-refractivity contribution in [3.63, 3.8) is 0 Å². The summed E-state index contributed by atoms with van der Waals surface area (Å²) in [7, 11) is 1.65. The molecule has 3 nitrogen and oxygen atoms in total. The van der Waals surface area contributed by atoms with Crippen molar-refractivity contribution >= 4 is 17.6 Å². The van der Waals surface area contributed by atoms with Crippen LogP contribution in [-0.4, -0.2) is 18.2 Å². The second-order valence-electron chi connectivity index (χ2n) is 7.30. The molecule has 0 aliphatic carbocycles. The molecule has 160 valence electrons. The third-order valence-electron chi connectivity index (χ3n) is 5.18. The zero-order valence-electron chi connectivity index (χ0n) is 18.8. The summed E-state index contributed by atoms with van der Waals surface area (Å²) in [6.07, 6.45) is 2.45. The second kappa shape index (κ2) is 11.9. The number of carbonyl (C=O) groups is 1. The number of aliphatic carboxylic acids is 1. The van der Waals surface area contributed by atoms with Gasteiger partial charge < -0.3 is 9.84 Å². The molecule has 0 radical (unpaired) electrons. The Hall–Kier alpha value is -2.00. The molecular formula is C25H35ClO3. The van der Waals surface area contributed by atoms with E-state index < -0.39 is 11.9 Å². The summed E-state index contributed by atoms with van der Waals surface area (Å²) in [6, 6.07) is 10.0. The summed E-state index contributed by atoms with van der Waals surface area (Å²) < 4.78 is 5.44. The van der Waals surface area contributed by atoms with Crippen LogP contribution < -0.4 is 4.74 Å². The van der Waals surface area contributed by atoms with Crippen LogP contribution in [0, 0.1) is 19.8 Å². The Morgan fingerprint density at radius 3 is 2.34 bits per heavy atom. The van der Waals surface area contributed by atoms with Crippen LogP contribution >= 0.6 is 11.6 Å². The predicted octanol–water partition coefficient (Wildman–Crippen LogP) is 7.19. The molecule has 1 N–H and O–H groups in total. The first-order chi connectivity index (χ1) is 13.8. The standard InChI is InChI=1S/C23H29ClO3.C2H6/c1-6-7-17-12-18(24)10-15(3)22(17)21(11-16(4)23(25)26)20-13-19(27-5)9-8-14(20)2;1-2/h8-10,12-13,16,21H,6-7,11H2,1-5H3,(H,25,26);1-2H3. The highest BCUT2D eigenvalue weighted by Gasteiger charge is 2.26. The van der Waals surface area contributed by atoms with Gasteiger partial charge in [-0.1, -0.05) is 51.8 Å². The van der Waals surface area contributed by atoms with Gasteiger partial charge in [-0.05, 0) is 78.8 Å². The van der Waals surface area contributed by atoms with Gasteiger partial charge in [-0.2, -0.15) is 0 Å². The van der Waals surface area contributed by atoms with Crippen LogP contribution in [0.3, 0.4) is 0 Å². The van der Waals surface area contributed by atoms with Gasteiger partial charge in [0.1, 0.15) is 5.75 Å². The fourth-order valence-corrected chi connectivity index (χ4v) is 4.07. The van der Waals surface area contributed by atoms with Crippen LogP contribution in [0.25, 0.3) is 0 Å². The summed E-state index contributed by atoms with van der Waals surface area (Å²) in [5.74, 6) is -0.466. The molecule has 2 rings (SSSR count). The Morgan fingerprint density at radius 2 is 1.79 bits per heavy atom. The fraction of sp³-hybridized carbons (Fsp3) is 0.480. The zero-order chi connectivity index (χ0) is 22.1. The minimum atomic E-state index is -0.774. The lowest BCUT2D eigenvalue weighted by atomic mass is 9.78. The van der Waals surface area contributed by atoms with Crippen LogP contribution in [0.1, 0.15) is 74.3 Å². The molecule has 0 aromatic heterocycles. The molecule has 0 saturated heterocycles. The first-order valence-corrected chi connectivity index (χ1v) is 10.8. The van der Waals surface area contributed by atoms with Crippen LogP contribution in [0.2, 0.25) is 5.02 Å². The minimum Gasteiger partial charge on any atom is -0.497 e. The number of halogens is 1. The second-order valence-corrected chi connectivity index (χ2v) is 7.73. The van der Waals surface area contributed by atoms with E-state index in [4.69, 9.17) is 16.3 Å². The lowest BCUT2D eigenvalue weighted by molar-refractivity contribution is -0.141. The Balaban J connectivity index is 0.00000204. The molecule has 0 spiro atoms. The number of ether oxygens (including phenoxy) is 1. The number of benzene rings is 2. The summed E-state index contributed by atoms with van der Waals surface area (Å²) in [5, 5.41) is 10.3. The zero-order valence-corrected chi connectivity index (χ0v) is 19.6. The molecule has 2 atom stereocenters. The van der Waals surface area contributed by atoms with Crippen molar-refractivity contribution in [2.75, 3.05) is 7.11 Å². The van der Waals surface area contributed by atoms with Gasteiger partial charge in [-0.3, -0.25) is 4.79 Å². The monoisotopic (exact) mass is 418 g/mol. The number of hydrogen-bond donors (Lipinski definition) is 1. The first-order valence-electron chi connectivity index (χ1n) is 10.4. The minimum absolute atomic E-state index is 0.0231. The third-order valence-corrected chi connectivity index (χ3v) is 5.40. The fourth-order valence-electron chi connectivity index (χ4n) is 3.77. The number of methoxy groups -OCH3 is 1. The Morgan fingerprint density at radius 1 is 1.14 bits per heavy atom. The summed E-state index contributed by atoms with van der Waals surface area (Å²) in [5.41, 5.74) is 5.76. The highest BCUT2D eigenvalue weighted by Crippen LogP contribution is 2.39. The van der Waals surface area contributed by atoms with E-state index >= 15 is 0 Å². The Bertz CT molecular complexity index is 814. The first kappa shape index (κ1) is 25.0. The molecule has 0 aliphatic rings. The smallest absolute Gasteiger partial charge is 0.306 e. The molecule has 0 saturated carbocycles. The normalized spacial score (nSPS) is 12.6. The van der Waals surface area contributed by atoms with Crippen molar-refractivity contribution < 1.29 is 14.6 Å². The highest BCUT2D eigenvalue weighted by atomic mass is 35.5. The number of rotatable bonds is 8. The van der Waals surface area contributed by atoms with Gasteiger partial charge in [-0.15, -0.1) is 0 Å². The van der Waals surface area contributed by atoms with Crippen molar-refractivity contribution in [2.45, 2.75) is 66.7 Å². The molecular weight excluding hydrogens is 384 g/mol. The largest absolute Gasteiger partial charge is 0.497 e. The van der Waals surface area contributed by atoms with E-state index in [-0.39, 0.29) is 5.92 Å². The summed E-state index contributed by atoms with van der Waals surface area (Å²) in [6.45, 7) is 12.0. The molecule has 0 aliphatic heterocycles. The third kappa shape index (κ3) is 6.50. The van der Waals surface area contributed by atoms with Crippen LogP contribution in [0.15, 0.2) is 30.3 Å². The van der Waals surface area contributed by atoms with Gasteiger partial charge in [0.25, 0.3) is 0 Å². The van der Waals surface area contributed by atoms with Crippen molar-refractivity contribution in [1.82, 2.24) is 0 Å². The molecule has 2 aromatic rings. The number of aryl methyl sites for hydroxylation is 3. The molecule has 29 heavy (non-hydrogen) atoms. The average Bonchev–Trinajstić information content (AvgIpc) is 2.68. The van der Waals surface area contributed by atoms with E-state index in [2.05, 4.69) is 20.8 Å². The SMILES string of the molecule is CC.CCCc1cc(Cl)cc(C)c1C(CC(C)C(=O)O)c1cc(OC)ccc1C. The summed E-state index contributed by atoms with van der Waals surface area (Å²) in [4.78, 5) is 11.6. The van der Waals surface area contributed by atoms with E-state index in [1.165, 1.54) is 11.1 Å². The van der Waals surface area contributed by atoms with Gasteiger partial charge in [-0.25, -0.2) is 0 Å². The van der Waals surface area contributed by atoms with E-state index in [1.807, 2.05) is 44.2 Å². The summed E-state index contributed by atoms with van der Waals surface area (Å²) >= 11 is 6.33. The lowest BCUT2D eigenvalue weighted by Crippen LogP contribution is -2.17. The van der Waals surface area contributed by atoms with E-state index in [1.54, 1.807) is 14.0 Å². The average molecular weight is 419 g/mol. The molecule has 0 bridgehead atoms. The van der Waals surface area contributed by atoms with Gasteiger partial charge in [0, 0.05) is 10.9 Å². The number of hydrogen-bond acceptors (Lipinski definition) is 2. The van der Waals surface area contributed by atoms with Crippen LogP contribution in [0.5, 0.6) is 5.75 Å². The molecule has 0 amide bonds. The molecule has 0 fully saturated rings.